The summed E-state index contributed by atoms with van der Waals surface area (Å²) >= 11 is 0. The highest BCUT2D eigenvalue weighted by Gasteiger charge is 2.44. The molecule has 0 unspecified atom stereocenters. The Hall–Kier alpha value is -12.5. The lowest BCUT2D eigenvalue weighted by Gasteiger charge is -2.37. The molecule has 16 rings (SSSR count). The van der Waals surface area contributed by atoms with Gasteiger partial charge in [-0.2, -0.15) is 10.2 Å². The number of rotatable bonds is 18. The molecule has 102 heavy (non-hydrogen) atoms. The number of carbonyl (C=O) groups is 2. The quantitative estimate of drug-likeness (QED) is 0.0819. The Bertz CT molecular complexity index is 5270. The maximum atomic E-state index is 13.8. The molecule has 12 heteroatoms. The minimum Gasteiger partial charge on any atom is -0.344 e. The number of hydrogen-bond acceptors (Lipinski definition) is 8. The highest BCUT2D eigenvalue weighted by Crippen LogP contribution is 2.48. The molecule has 0 spiro atoms. The van der Waals surface area contributed by atoms with Crippen molar-refractivity contribution < 1.29 is 9.59 Å². The van der Waals surface area contributed by atoms with Gasteiger partial charge in [-0.3, -0.25) is 19.6 Å². The Kier molecular flexibility index (Phi) is 18.0. The SMILES string of the molecule is C=C(C)c1cccc([C@@H](C)NC(=O)C2=Nc3cc4c(-c5ccncc5)nn(C(c5ccccc5)(c5ccccc5)c5ccccc5)c4cc3C2)c1.CC(C)c1cccc([C@@H](C)NC(=O)C2=Nc3cc4c(-c5ccncc5)nn(C(c5ccccc5)(c5ccccc5)c5ccccc5)c4cc3C2)c1. The molecule has 0 radical (unpaired) electrons. The van der Waals surface area contributed by atoms with Crippen LogP contribution in [-0.4, -0.2) is 52.8 Å². The van der Waals surface area contributed by atoms with Gasteiger partial charge in [0, 0.05) is 59.5 Å². The smallest absolute Gasteiger partial charge is 0.266 e. The highest BCUT2D eigenvalue weighted by atomic mass is 16.2. The van der Waals surface area contributed by atoms with E-state index in [9.17, 15) is 9.59 Å². The summed E-state index contributed by atoms with van der Waals surface area (Å²) in [6, 6.07) is 96.1. The minimum absolute atomic E-state index is 0.152. The van der Waals surface area contributed by atoms with E-state index in [2.05, 4.69) is 251 Å². The average molecular weight is 1330 g/mol. The first-order valence-corrected chi connectivity index (χ1v) is 34.8. The van der Waals surface area contributed by atoms with Gasteiger partial charge in [0.05, 0.1) is 34.5 Å². The second kappa shape index (κ2) is 28.0. The molecule has 2 aliphatic heterocycles. The Morgan fingerprint density at radius 3 is 1.08 bits per heavy atom. The Morgan fingerprint density at radius 1 is 0.402 bits per heavy atom. The molecule has 498 valence electrons. The van der Waals surface area contributed by atoms with Crippen LogP contribution in [0.4, 0.5) is 11.4 Å². The summed E-state index contributed by atoms with van der Waals surface area (Å²) in [5, 5.41) is 19.3. The Labute approximate surface area is 594 Å². The van der Waals surface area contributed by atoms with E-state index in [-0.39, 0.29) is 23.9 Å². The van der Waals surface area contributed by atoms with Crippen molar-refractivity contribution in [3.8, 4) is 22.5 Å². The van der Waals surface area contributed by atoms with E-state index >= 15 is 0 Å². The Balaban J connectivity index is 0.000000165. The molecule has 0 fully saturated rings. The van der Waals surface area contributed by atoms with Crippen molar-refractivity contribution in [2.75, 3.05) is 0 Å². The standard InChI is InChI=1S/C45H39N5O.C45H37N5O/c2*1-30(2)33-14-13-15-34(26-33)31(3)47-44(51)41-27-35-28-42-39(29-40(35)48-41)43(32-22-24-46-25-23-32)49-50(42)45(36-16-7-4-8-17-36,37-18-9-5-10-19-37)38-20-11-6-12-21-38/h4-26,28-31H,27H2,1-3H3,(H,47,51);4-26,28-29,31H,1,27H2,2-3H3,(H,47,51)/t2*31-/m11/s1. The van der Waals surface area contributed by atoms with E-state index in [0.29, 0.717) is 30.2 Å². The lowest BCUT2D eigenvalue weighted by Crippen LogP contribution is -2.38. The number of carbonyl (C=O) groups excluding carboxylic acids is 2. The molecule has 6 heterocycles. The van der Waals surface area contributed by atoms with E-state index in [0.717, 1.165) is 122 Å². The van der Waals surface area contributed by atoms with Gasteiger partial charge in [-0.1, -0.05) is 250 Å². The molecule has 2 aliphatic rings. The summed E-state index contributed by atoms with van der Waals surface area (Å²) in [5.41, 5.74) is 20.2. The summed E-state index contributed by atoms with van der Waals surface area (Å²) in [4.78, 5) is 45.9. The van der Waals surface area contributed by atoms with Gasteiger partial charge in [0.2, 0.25) is 0 Å². The molecule has 0 bridgehead atoms. The molecule has 14 aromatic rings. The van der Waals surface area contributed by atoms with E-state index in [1.807, 2.05) is 99.6 Å². The normalized spacial score (nSPS) is 13.1. The first-order valence-electron chi connectivity index (χ1n) is 34.8. The van der Waals surface area contributed by atoms with Crippen molar-refractivity contribution in [1.82, 2.24) is 40.2 Å². The molecule has 2 N–H and O–H groups in total. The highest BCUT2D eigenvalue weighted by molar-refractivity contribution is 6.41. The summed E-state index contributed by atoms with van der Waals surface area (Å²) in [7, 11) is 0. The van der Waals surface area contributed by atoms with Crippen LogP contribution < -0.4 is 10.6 Å². The van der Waals surface area contributed by atoms with E-state index in [1.54, 1.807) is 24.8 Å². The van der Waals surface area contributed by atoms with Crippen LogP contribution in [0, 0.1) is 0 Å². The number of nitrogens with one attached hydrogen (secondary N) is 2. The number of amides is 2. The predicted molar refractivity (Wildman–Crippen MR) is 412 cm³/mol. The first-order chi connectivity index (χ1) is 49.9. The van der Waals surface area contributed by atoms with Crippen molar-refractivity contribution in [3.05, 3.63) is 377 Å². The van der Waals surface area contributed by atoms with E-state index < -0.39 is 11.1 Å². The molecule has 2 atom stereocenters. The van der Waals surface area contributed by atoms with Gasteiger partial charge in [0.1, 0.15) is 33.9 Å². The van der Waals surface area contributed by atoms with Crippen molar-refractivity contribution in [2.45, 2.75) is 76.5 Å². The van der Waals surface area contributed by atoms with Gasteiger partial charge in [0.25, 0.3) is 11.8 Å². The number of pyridine rings is 2. The molecule has 0 saturated heterocycles. The summed E-state index contributed by atoms with van der Waals surface area (Å²) in [6.45, 7) is 14.4. The number of aliphatic imine (C=N–C) groups is 2. The summed E-state index contributed by atoms with van der Waals surface area (Å²) < 4.78 is 4.35. The van der Waals surface area contributed by atoms with Crippen LogP contribution in [0.3, 0.4) is 0 Å². The average Bonchev–Trinajstić information content (AvgIpc) is 1.53. The number of nitrogens with zero attached hydrogens (tertiary/aromatic N) is 8. The van der Waals surface area contributed by atoms with E-state index in [1.165, 1.54) is 5.56 Å². The van der Waals surface area contributed by atoms with Gasteiger partial charge in [-0.15, -0.1) is 0 Å². The summed E-state index contributed by atoms with van der Waals surface area (Å²) in [5.74, 6) is 0.0839. The van der Waals surface area contributed by atoms with Crippen molar-refractivity contribution in [1.29, 1.82) is 0 Å². The van der Waals surface area contributed by atoms with Crippen molar-refractivity contribution in [3.63, 3.8) is 0 Å². The van der Waals surface area contributed by atoms with E-state index in [4.69, 9.17) is 20.2 Å². The van der Waals surface area contributed by atoms with Crippen LogP contribution >= 0.6 is 0 Å². The van der Waals surface area contributed by atoms with Crippen LogP contribution in [0.25, 0.3) is 49.9 Å². The fraction of sp³-hybridized carbons (Fsp3) is 0.133. The van der Waals surface area contributed by atoms with Gasteiger partial charge in [0.15, 0.2) is 0 Å². The molecular formula is C90H76N10O2. The number of aromatic nitrogens is 6. The van der Waals surface area contributed by atoms with Crippen molar-refractivity contribution in [2.24, 2.45) is 9.98 Å². The molecule has 12 nitrogen and oxygen atoms in total. The second-order valence-electron chi connectivity index (χ2n) is 26.7. The number of hydrogen-bond donors (Lipinski definition) is 2. The third kappa shape index (κ3) is 12.2. The fourth-order valence-electron chi connectivity index (χ4n) is 14.6. The molecule has 4 aromatic heterocycles. The zero-order valence-electron chi connectivity index (χ0n) is 57.6. The van der Waals surface area contributed by atoms with Crippen molar-refractivity contribution >= 4 is 62.0 Å². The van der Waals surface area contributed by atoms with Gasteiger partial charge < -0.3 is 10.6 Å². The second-order valence-corrected chi connectivity index (χ2v) is 26.7. The van der Waals surface area contributed by atoms with Gasteiger partial charge in [-0.25, -0.2) is 19.3 Å². The lowest BCUT2D eigenvalue weighted by atomic mass is 9.77. The topological polar surface area (TPSA) is 144 Å². The van der Waals surface area contributed by atoms with Gasteiger partial charge in [-0.05, 0) is 148 Å². The molecule has 0 saturated carbocycles. The third-order valence-electron chi connectivity index (χ3n) is 19.9. The molecule has 2 amide bonds. The third-order valence-corrected chi connectivity index (χ3v) is 19.9. The number of allylic oxidation sites excluding steroid dienone is 1. The van der Waals surface area contributed by atoms with Crippen LogP contribution in [0.1, 0.15) is 119 Å². The first kappa shape index (κ1) is 65.4. The maximum Gasteiger partial charge on any atom is 0.266 e. The fourth-order valence-corrected chi connectivity index (χ4v) is 14.6. The lowest BCUT2D eigenvalue weighted by molar-refractivity contribution is -0.116. The predicted octanol–water partition coefficient (Wildman–Crippen LogP) is 19.0. The van der Waals surface area contributed by atoms with Crippen LogP contribution in [0.5, 0.6) is 0 Å². The monoisotopic (exact) mass is 1330 g/mol. The van der Waals surface area contributed by atoms with Crippen LogP contribution in [0.2, 0.25) is 0 Å². The molecule has 0 aliphatic carbocycles. The minimum atomic E-state index is -0.824. The maximum absolute atomic E-state index is 13.8. The zero-order chi connectivity index (χ0) is 69.9. The van der Waals surface area contributed by atoms with Crippen LogP contribution in [-0.2, 0) is 33.5 Å². The van der Waals surface area contributed by atoms with Gasteiger partial charge >= 0.3 is 0 Å². The largest absolute Gasteiger partial charge is 0.344 e. The zero-order valence-corrected chi connectivity index (χ0v) is 57.6. The summed E-state index contributed by atoms with van der Waals surface area (Å²) in [6.07, 6.45) is 8.03. The molecule has 10 aromatic carbocycles. The molecular weight excluding hydrogens is 1250 g/mol. The number of fused-ring (bicyclic) bond motifs is 4. The number of benzene rings is 10. The van der Waals surface area contributed by atoms with Crippen LogP contribution in [0.15, 0.2) is 320 Å². The Morgan fingerprint density at radius 2 is 0.735 bits per heavy atom.